The number of carbonyl (C=O) groups excluding carboxylic acids is 2. The Morgan fingerprint density at radius 3 is 2.22 bits per heavy atom. The first kappa shape index (κ1) is 13.4. The molecule has 0 aliphatic heterocycles. The molecule has 0 spiro atoms. The van der Waals surface area contributed by atoms with Gasteiger partial charge in [-0.15, -0.1) is 0 Å². The number of rotatable bonds is 5. The summed E-state index contributed by atoms with van der Waals surface area (Å²) in [5.41, 5.74) is -1.46. The molecule has 1 rings (SSSR count). The van der Waals surface area contributed by atoms with Crippen LogP contribution in [0.15, 0.2) is 18.2 Å². The maximum absolute atomic E-state index is 11.6. The van der Waals surface area contributed by atoms with Gasteiger partial charge in [-0.3, -0.25) is 29.8 Å². The number of carbonyl (C=O) groups is 2. The van der Waals surface area contributed by atoms with Crippen molar-refractivity contribution < 1.29 is 19.4 Å². The van der Waals surface area contributed by atoms with E-state index in [-0.39, 0.29) is 5.56 Å². The van der Waals surface area contributed by atoms with E-state index in [0.29, 0.717) is 6.07 Å². The highest BCUT2D eigenvalue weighted by Gasteiger charge is 2.24. The van der Waals surface area contributed by atoms with Crippen LogP contribution in [0.5, 0.6) is 0 Å². The van der Waals surface area contributed by atoms with Crippen LogP contribution >= 0.6 is 0 Å². The minimum Gasteiger partial charge on any atom is -0.300 e. The molecule has 0 saturated heterocycles. The number of Topliss-reactive ketones (excluding diaryl/α,β-unsaturated/α-hetero) is 2. The Hall–Kier alpha value is -2.64. The van der Waals surface area contributed by atoms with Crippen LogP contribution in [0, 0.1) is 20.2 Å². The average molecular weight is 252 g/mol. The van der Waals surface area contributed by atoms with Crippen LogP contribution in [-0.4, -0.2) is 21.4 Å². The highest BCUT2D eigenvalue weighted by atomic mass is 16.6. The van der Waals surface area contributed by atoms with Gasteiger partial charge in [-0.2, -0.15) is 0 Å². The molecule has 0 N–H and O–H groups in total. The van der Waals surface area contributed by atoms with E-state index in [1.807, 2.05) is 0 Å². The lowest BCUT2D eigenvalue weighted by molar-refractivity contribution is -0.394. The van der Waals surface area contributed by atoms with Crippen LogP contribution in [0.1, 0.15) is 23.7 Å². The largest absolute Gasteiger partial charge is 0.300 e. The molecule has 0 saturated carbocycles. The zero-order valence-electron chi connectivity index (χ0n) is 9.28. The minimum atomic E-state index is -0.889. The Labute approximate surface area is 101 Å². The maximum Gasteiger partial charge on any atom is 0.287 e. The molecule has 0 bridgehead atoms. The van der Waals surface area contributed by atoms with Gasteiger partial charge < -0.3 is 0 Å². The maximum atomic E-state index is 11.6. The fourth-order valence-electron chi connectivity index (χ4n) is 1.34. The molecule has 0 aliphatic rings. The standard InChI is InChI=1S/C10H8N2O6/c1-6(13)4-10(14)8-3-2-7(11(15)16)5-9(8)12(17)18/h2-3,5H,4H2,1H3. The molecular formula is C10H8N2O6. The number of nitro benzene ring substituents is 2. The van der Waals surface area contributed by atoms with Gasteiger partial charge >= 0.3 is 0 Å². The highest BCUT2D eigenvalue weighted by molar-refractivity contribution is 6.09. The zero-order chi connectivity index (χ0) is 13.9. The highest BCUT2D eigenvalue weighted by Crippen LogP contribution is 2.25. The van der Waals surface area contributed by atoms with E-state index in [1.165, 1.54) is 6.92 Å². The smallest absolute Gasteiger partial charge is 0.287 e. The Morgan fingerprint density at radius 2 is 1.78 bits per heavy atom. The molecule has 0 unspecified atom stereocenters. The van der Waals surface area contributed by atoms with E-state index in [0.717, 1.165) is 12.1 Å². The Balaban J connectivity index is 3.27. The van der Waals surface area contributed by atoms with E-state index in [1.54, 1.807) is 0 Å². The number of nitrogens with zero attached hydrogens (tertiary/aromatic N) is 2. The van der Waals surface area contributed by atoms with Gasteiger partial charge in [0.25, 0.3) is 11.4 Å². The summed E-state index contributed by atoms with van der Waals surface area (Å²) in [5.74, 6) is -1.17. The van der Waals surface area contributed by atoms with E-state index in [9.17, 15) is 29.8 Å². The first-order valence-corrected chi connectivity index (χ1v) is 4.78. The van der Waals surface area contributed by atoms with E-state index in [4.69, 9.17) is 0 Å². The second-order valence-corrected chi connectivity index (χ2v) is 3.52. The van der Waals surface area contributed by atoms with Crippen molar-refractivity contribution >= 4 is 22.9 Å². The number of ketones is 2. The molecule has 0 radical (unpaired) electrons. The lowest BCUT2D eigenvalue weighted by Crippen LogP contribution is -2.08. The third-order valence-corrected chi connectivity index (χ3v) is 2.10. The van der Waals surface area contributed by atoms with Crippen LogP contribution in [0.4, 0.5) is 11.4 Å². The van der Waals surface area contributed by atoms with Crippen molar-refractivity contribution in [2.24, 2.45) is 0 Å². The van der Waals surface area contributed by atoms with Gasteiger partial charge in [0.2, 0.25) is 0 Å². The first-order valence-electron chi connectivity index (χ1n) is 4.78. The molecule has 8 heteroatoms. The average Bonchev–Trinajstić information content (AvgIpc) is 2.26. The lowest BCUT2D eigenvalue weighted by Gasteiger charge is -2.00. The Morgan fingerprint density at radius 1 is 1.17 bits per heavy atom. The van der Waals surface area contributed by atoms with Crippen molar-refractivity contribution in [3.8, 4) is 0 Å². The molecule has 0 aromatic heterocycles. The predicted molar refractivity (Wildman–Crippen MR) is 59.4 cm³/mol. The quantitative estimate of drug-likeness (QED) is 0.340. The summed E-state index contributed by atoms with van der Waals surface area (Å²) in [7, 11) is 0. The summed E-state index contributed by atoms with van der Waals surface area (Å²) >= 11 is 0. The van der Waals surface area contributed by atoms with Crippen molar-refractivity contribution in [2.75, 3.05) is 0 Å². The fraction of sp³-hybridized carbons (Fsp3) is 0.200. The van der Waals surface area contributed by atoms with Crippen LogP contribution in [-0.2, 0) is 4.79 Å². The van der Waals surface area contributed by atoms with Gasteiger partial charge in [-0.05, 0) is 13.0 Å². The van der Waals surface area contributed by atoms with Crippen molar-refractivity contribution in [3.63, 3.8) is 0 Å². The van der Waals surface area contributed by atoms with E-state index in [2.05, 4.69) is 0 Å². The summed E-state index contributed by atoms with van der Waals surface area (Å²) in [4.78, 5) is 41.9. The molecule has 8 nitrogen and oxygen atoms in total. The molecule has 0 fully saturated rings. The van der Waals surface area contributed by atoms with Gasteiger partial charge in [0, 0.05) is 6.07 Å². The second kappa shape index (κ2) is 5.13. The first-order chi connectivity index (χ1) is 8.32. The molecule has 1 aromatic carbocycles. The van der Waals surface area contributed by atoms with Gasteiger partial charge in [0.15, 0.2) is 5.78 Å². The van der Waals surface area contributed by atoms with Crippen molar-refractivity contribution in [1.82, 2.24) is 0 Å². The summed E-state index contributed by atoms with van der Waals surface area (Å²) in [5, 5.41) is 21.2. The normalized spacial score (nSPS) is 9.83. The molecule has 0 atom stereocenters. The SMILES string of the molecule is CC(=O)CC(=O)c1ccc([N+](=O)[O-])cc1[N+](=O)[O-]. The molecule has 0 amide bonds. The number of hydrogen-bond donors (Lipinski definition) is 0. The number of hydrogen-bond acceptors (Lipinski definition) is 6. The minimum absolute atomic E-state index is 0.305. The van der Waals surface area contributed by atoms with Gasteiger partial charge in [0.05, 0.1) is 27.9 Å². The van der Waals surface area contributed by atoms with Crippen molar-refractivity contribution in [1.29, 1.82) is 0 Å². The monoisotopic (exact) mass is 252 g/mol. The Bertz CT molecular complexity index is 551. The van der Waals surface area contributed by atoms with Gasteiger partial charge in [-0.1, -0.05) is 0 Å². The Kier molecular flexibility index (Phi) is 3.82. The number of benzene rings is 1. The van der Waals surface area contributed by atoms with E-state index >= 15 is 0 Å². The van der Waals surface area contributed by atoms with Crippen molar-refractivity contribution in [3.05, 3.63) is 44.0 Å². The summed E-state index contributed by atoms with van der Waals surface area (Å²) in [6.07, 6.45) is -0.474. The summed E-state index contributed by atoms with van der Waals surface area (Å²) in [6, 6.07) is 2.68. The molecule has 0 heterocycles. The lowest BCUT2D eigenvalue weighted by atomic mass is 10.0. The topological polar surface area (TPSA) is 120 Å². The third-order valence-electron chi connectivity index (χ3n) is 2.10. The number of non-ortho nitro benzene ring substituents is 1. The van der Waals surface area contributed by atoms with Gasteiger partial charge in [0.1, 0.15) is 5.78 Å². The third kappa shape index (κ3) is 2.94. The molecular weight excluding hydrogens is 244 g/mol. The summed E-state index contributed by atoms with van der Waals surface area (Å²) in [6.45, 7) is 1.18. The molecule has 18 heavy (non-hydrogen) atoms. The molecule has 1 aromatic rings. The number of nitro groups is 2. The fourth-order valence-corrected chi connectivity index (χ4v) is 1.34. The van der Waals surface area contributed by atoms with Crippen LogP contribution in [0.25, 0.3) is 0 Å². The van der Waals surface area contributed by atoms with E-state index < -0.39 is 39.2 Å². The van der Waals surface area contributed by atoms with Crippen LogP contribution in [0.3, 0.4) is 0 Å². The van der Waals surface area contributed by atoms with Crippen molar-refractivity contribution in [2.45, 2.75) is 13.3 Å². The van der Waals surface area contributed by atoms with Crippen LogP contribution in [0.2, 0.25) is 0 Å². The molecule has 0 aliphatic carbocycles. The summed E-state index contributed by atoms with van der Waals surface area (Å²) < 4.78 is 0. The van der Waals surface area contributed by atoms with Crippen LogP contribution < -0.4 is 0 Å². The molecule has 94 valence electrons. The zero-order valence-corrected chi connectivity index (χ0v) is 9.28. The van der Waals surface area contributed by atoms with Gasteiger partial charge in [-0.25, -0.2) is 0 Å². The second-order valence-electron chi connectivity index (χ2n) is 3.52. The predicted octanol–water partition coefficient (Wildman–Crippen LogP) is 1.66.